The van der Waals surface area contributed by atoms with Crippen molar-refractivity contribution < 1.29 is 17.5 Å². The van der Waals surface area contributed by atoms with Crippen LogP contribution in [0.1, 0.15) is 19.3 Å². The van der Waals surface area contributed by atoms with E-state index >= 15 is 0 Å². The van der Waals surface area contributed by atoms with Gasteiger partial charge in [0.2, 0.25) is 10.0 Å². The zero-order chi connectivity index (χ0) is 14.1. The van der Waals surface area contributed by atoms with Crippen LogP contribution in [0.15, 0.2) is 27.6 Å². The molecule has 0 atom stereocenters. The van der Waals surface area contributed by atoms with E-state index in [0.29, 0.717) is 4.47 Å². The zero-order valence-electron chi connectivity index (χ0n) is 10.4. The van der Waals surface area contributed by atoms with Gasteiger partial charge >= 0.3 is 0 Å². The minimum Gasteiger partial charge on any atom is -0.377 e. The number of halogens is 2. The average molecular weight is 352 g/mol. The Bertz CT molecular complexity index is 567. The fourth-order valence-electron chi connectivity index (χ4n) is 2.02. The molecule has 2 rings (SSSR count). The third-order valence-electron chi connectivity index (χ3n) is 3.47. The van der Waals surface area contributed by atoms with Crippen molar-refractivity contribution >= 4 is 26.0 Å². The van der Waals surface area contributed by atoms with Gasteiger partial charge in [0.25, 0.3) is 0 Å². The van der Waals surface area contributed by atoms with Crippen LogP contribution in [-0.2, 0) is 14.8 Å². The molecule has 0 bridgehead atoms. The second kappa shape index (κ2) is 5.47. The Kier molecular flexibility index (Phi) is 4.29. The third kappa shape index (κ3) is 3.16. The minimum atomic E-state index is -3.85. The molecule has 1 fully saturated rings. The van der Waals surface area contributed by atoms with E-state index in [0.717, 1.165) is 25.3 Å². The number of hydrogen-bond acceptors (Lipinski definition) is 3. The molecule has 4 nitrogen and oxygen atoms in total. The molecule has 19 heavy (non-hydrogen) atoms. The smallest absolute Gasteiger partial charge is 0.243 e. The van der Waals surface area contributed by atoms with Crippen molar-refractivity contribution in [3.63, 3.8) is 0 Å². The summed E-state index contributed by atoms with van der Waals surface area (Å²) in [4.78, 5) is -0.346. The predicted octanol–water partition coefficient (Wildman–Crippen LogP) is 2.44. The second-order valence-electron chi connectivity index (χ2n) is 4.64. The minimum absolute atomic E-state index is 0.168. The van der Waals surface area contributed by atoms with Crippen molar-refractivity contribution in [2.75, 3.05) is 13.7 Å². The summed E-state index contributed by atoms with van der Waals surface area (Å²) in [6, 6.07) is 3.86. The molecule has 0 unspecified atom stereocenters. The summed E-state index contributed by atoms with van der Waals surface area (Å²) in [6.07, 6.45) is 2.64. The first kappa shape index (κ1) is 14.9. The molecule has 1 aliphatic rings. The van der Waals surface area contributed by atoms with E-state index in [-0.39, 0.29) is 11.4 Å². The SMILES string of the molecule is COC1(CNS(=O)(=O)c2ccc(Br)cc2F)CCC1. The predicted molar refractivity (Wildman–Crippen MR) is 72.9 cm³/mol. The van der Waals surface area contributed by atoms with Crippen LogP contribution in [0.3, 0.4) is 0 Å². The van der Waals surface area contributed by atoms with Crippen LogP contribution in [0, 0.1) is 5.82 Å². The number of sulfonamides is 1. The highest BCUT2D eigenvalue weighted by atomic mass is 79.9. The Morgan fingerprint density at radius 1 is 1.47 bits per heavy atom. The summed E-state index contributed by atoms with van der Waals surface area (Å²) in [7, 11) is -2.29. The fourth-order valence-corrected chi connectivity index (χ4v) is 3.53. The molecule has 0 spiro atoms. The first-order valence-corrected chi connectivity index (χ1v) is 8.16. The molecule has 1 aliphatic carbocycles. The summed E-state index contributed by atoms with van der Waals surface area (Å²) in [5, 5.41) is 0. The lowest BCUT2D eigenvalue weighted by atomic mass is 9.80. The topological polar surface area (TPSA) is 55.4 Å². The van der Waals surface area contributed by atoms with Crippen LogP contribution >= 0.6 is 15.9 Å². The number of ether oxygens (including phenoxy) is 1. The largest absolute Gasteiger partial charge is 0.377 e. The van der Waals surface area contributed by atoms with Gasteiger partial charge in [-0.1, -0.05) is 15.9 Å². The molecule has 106 valence electrons. The van der Waals surface area contributed by atoms with E-state index in [9.17, 15) is 12.8 Å². The molecule has 0 heterocycles. The summed E-state index contributed by atoms with van der Waals surface area (Å²) >= 11 is 3.09. The molecule has 1 saturated carbocycles. The number of benzene rings is 1. The van der Waals surface area contributed by atoms with Gasteiger partial charge in [0.1, 0.15) is 10.7 Å². The molecular weight excluding hydrogens is 337 g/mol. The van der Waals surface area contributed by atoms with E-state index in [1.807, 2.05) is 0 Å². The standard InChI is InChI=1S/C12H15BrFNO3S/c1-18-12(5-2-6-12)8-15-19(16,17)11-4-3-9(13)7-10(11)14/h3-4,7,15H,2,5-6,8H2,1H3. The van der Waals surface area contributed by atoms with Crippen molar-refractivity contribution in [1.29, 1.82) is 0 Å². The quantitative estimate of drug-likeness (QED) is 0.886. The van der Waals surface area contributed by atoms with Gasteiger partial charge in [-0.3, -0.25) is 0 Å². The third-order valence-corrected chi connectivity index (χ3v) is 5.39. The molecule has 1 aromatic carbocycles. The van der Waals surface area contributed by atoms with E-state index < -0.39 is 21.4 Å². The molecule has 1 aromatic rings. The average Bonchev–Trinajstić information content (AvgIpc) is 2.27. The van der Waals surface area contributed by atoms with Gasteiger partial charge in [-0.25, -0.2) is 17.5 Å². The van der Waals surface area contributed by atoms with E-state index in [1.54, 1.807) is 7.11 Å². The molecule has 0 saturated heterocycles. The molecule has 0 amide bonds. The van der Waals surface area contributed by atoms with Gasteiger partial charge in [-0.05, 0) is 37.5 Å². The maximum Gasteiger partial charge on any atom is 0.243 e. The molecule has 7 heteroatoms. The second-order valence-corrected chi connectivity index (χ2v) is 7.29. The monoisotopic (exact) mass is 351 g/mol. The van der Waals surface area contributed by atoms with Gasteiger partial charge in [-0.15, -0.1) is 0 Å². The Balaban J connectivity index is 2.14. The van der Waals surface area contributed by atoms with Crippen molar-refractivity contribution in [3.05, 3.63) is 28.5 Å². The first-order valence-electron chi connectivity index (χ1n) is 5.88. The first-order chi connectivity index (χ1) is 8.88. The number of nitrogens with one attached hydrogen (secondary N) is 1. The van der Waals surface area contributed by atoms with Crippen LogP contribution in [0.4, 0.5) is 4.39 Å². The normalized spacial score (nSPS) is 18.1. The Morgan fingerprint density at radius 3 is 2.63 bits per heavy atom. The van der Waals surface area contributed by atoms with Crippen molar-refractivity contribution in [2.24, 2.45) is 0 Å². The Morgan fingerprint density at radius 2 is 2.16 bits per heavy atom. The maximum atomic E-state index is 13.7. The van der Waals surface area contributed by atoms with Crippen LogP contribution in [0.25, 0.3) is 0 Å². The Labute approximate surface area is 120 Å². The lowest BCUT2D eigenvalue weighted by molar-refractivity contribution is -0.0659. The lowest BCUT2D eigenvalue weighted by Crippen LogP contribution is -2.49. The fraction of sp³-hybridized carbons (Fsp3) is 0.500. The summed E-state index contributed by atoms with van der Waals surface area (Å²) < 4.78 is 46.0. The van der Waals surface area contributed by atoms with Crippen LogP contribution < -0.4 is 4.72 Å². The van der Waals surface area contributed by atoms with Crippen molar-refractivity contribution in [1.82, 2.24) is 4.72 Å². The van der Waals surface area contributed by atoms with Gasteiger partial charge in [0.05, 0.1) is 5.60 Å². The molecule has 0 aliphatic heterocycles. The lowest BCUT2D eigenvalue weighted by Gasteiger charge is -2.40. The highest BCUT2D eigenvalue weighted by Crippen LogP contribution is 2.34. The number of hydrogen-bond donors (Lipinski definition) is 1. The number of rotatable bonds is 5. The van der Waals surface area contributed by atoms with Crippen LogP contribution in [0.2, 0.25) is 0 Å². The van der Waals surface area contributed by atoms with E-state index in [4.69, 9.17) is 4.74 Å². The van der Waals surface area contributed by atoms with E-state index in [1.165, 1.54) is 12.1 Å². The highest BCUT2D eigenvalue weighted by molar-refractivity contribution is 9.10. The summed E-state index contributed by atoms with van der Waals surface area (Å²) in [5.74, 6) is -0.776. The van der Waals surface area contributed by atoms with Gasteiger partial charge in [0, 0.05) is 18.1 Å². The van der Waals surface area contributed by atoms with Crippen molar-refractivity contribution in [3.8, 4) is 0 Å². The van der Waals surface area contributed by atoms with Crippen LogP contribution in [0.5, 0.6) is 0 Å². The molecule has 0 radical (unpaired) electrons. The van der Waals surface area contributed by atoms with Gasteiger partial charge < -0.3 is 4.74 Å². The number of methoxy groups -OCH3 is 1. The molecule has 1 N–H and O–H groups in total. The molecule has 0 aromatic heterocycles. The van der Waals surface area contributed by atoms with E-state index in [2.05, 4.69) is 20.7 Å². The maximum absolute atomic E-state index is 13.7. The van der Waals surface area contributed by atoms with Crippen molar-refractivity contribution in [2.45, 2.75) is 29.8 Å². The highest BCUT2D eigenvalue weighted by Gasteiger charge is 2.38. The van der Waals surface area contributed by atoms with Gasteiger partial charge in [0.15, 0.2) is 0 Å². The zero-order valence-corrected chi connectivity index (χ0v) is 12.9. The summed E-state index contributed by atoms with van der Waals surface area (Å²) in [5.41, 5.74) is -0.432. The molecular formula is C12H15BrFNO3S. The van der Waals surface area contributed by atoms with Crippen LogP contribution in [-0.4, -0.2) is 27.7 Å². The Hall–Kier alpha value is -0.500. The van der Waals surface area contributed by atoms with Gasteiger partial charge in [-0.2, -0.15) is 0 Å². The summed E-state index contributed by atoms with van der Waals surface area (Å²) in [6.45, 7) is 0.168.